The third-order valence-corrected chi connectivity index (χ3v) is 2.31. The third kappa shape index (κ3) is 3.70. The van der Waals surface area contributed by atoms with Crippen LogP contribution in [0.2, 0.25) is 0 Å². The van der Waals surface area contributed by atoms with Crippen molar-refractivity contribution in [3.63, 3.8) is 0 Å². The van der Waals surface area contributed by atoms with Crippen molar-refractivity contribution in [2.24, 2.45) is 0 Å². The first-order valence-corrected chi connectivity index (χ1v) is 5.39. The minimum absolute atomic E-state index is 0.0155. The number of rotatable bonds is 4. The Bertz CT molecular complexity index is 448. The maximum Gasteiger partial charge on any atom is 0.416 e. The molecule has 0 bridgehead atoms. The SMILES string of the molecule is CCCNC(C#N)c1cc(F)cc(C(F)(F)F)c1. The van der Waals surface area contributed by atoms with Crippen LogP contribution in [0.4, 0.5) is 17.6 Å². The summed E-state index contributed by atoms with van der Waals surface area (Å²) in [7, 11) is 0. The van der Waals surface area contributed by atoms with Crippen LogP contribution in [0.3, 0.4) is 0 Å². The van der Waals surface area contributed by atoms with Gasteiger partial charge in [-0.25, -0.2) is 4.39 Å². The van der Waals surface area contributed by atoms with Crippen molar-refractivity contribution in [2.75, 3.05) is 6.54 Å². The fourth-order valence-corrected chi connectivity index (χ4v) is 1.47. The summed E-state index contributed by atoms with van der Waals surface area (Å²) < 4.78 is 50.6. The molecule has 18 heavy (non-hydrogen) atoms. The molecule has 6 heteroatoms. The standard InChI is InChI=1S/C12H12F4N2/c1-2-3-18-11(7-17)8-4-9(12(14,15)16)6-10(13)5-8/h4-6,11,18H,2-3H2,1H3. The third-order valence-electron chi connectivity index (χ3n) is 2.31. The second-order valence-corrected chi connectivity index (χ2v) is 3.79. The predicted octanol–water partition coefficient (Wildman–Crippen LogP) is 3.41. The molecule has 0 aliphatic heterocycles. The zero-order valence-electron chi connectivity index (χ0n) is 9.68. The Balaban J connectivity index is 3.09. The summed E-state index contributed by atoms with van der Waals surface area (Å²) in [6.07, 6.45) is -3.90. The maximum atomic E-state index is 13.1. The van der Waals surface area contributed by atoms with E-state index < -0.39 is 23.6 Å². The van der Waals surface area contributed by atoms with Gasteiger partial charge in [-0.2, -0.15) is 18.4 Å². The van der Waals surface area contributed by atoms with E-state index in [-0.39, 0.29) is 5.56 Å². The lowest BCUT2D eigenvalue weighted by Crippen LogP contribution is -2.21. The fraction of sp³-hybridized carbons (Fsp3) is 0.417. The van der Waals surface area contributed by atoms with Gasteiger partial charge in [0.05, 0.1) is 11.6 Å². The largest absolute Gasteiger partial charge is 0.416 e. The van der Waals surface area contributed by atoms with Gasteiger partial charge in [-0.1, -0.05) is 6.92 Å². The molecule has 1 N–H and O–H groups in total. The zero-order chi connectivity index (χ0) is 13.8. The highest BCUT2D eigenvalue weighted by Crippen LogP contribution is 2.31. The normalized spacial score (nSPS) is 13.1. The molecule has 98 valence electrons. The Labute approximate surface area is 102 Å². The topological polar surface area (TPSA) is 35.8 Å². The molecule has 0 saturated carbocycles. The van der Waals surface area contributed by atoms with Crippen molar-refractivity contribution in [3.05, 3.63) is 35.1 Å². The lowest BCUT2D eigenvalue weighted by molar-refractivity contribution is -0.137. The molecule has 2 nitrogen and oxygen atoms in total. The van der Waals surface area contributed by atoms with E-state index in [4.69, 9.17) is 5.26 Å². The number of hydrogen-bond donors (Lipinski definition) is 1. The Hall–Kier alpha value is -1.61. The summed E-state index contributed by atoms with van der Waals surface area (Å²) in [5.74, 6) is -1.00. The number of benzene rings is 1. The molecule has 1 aromatic carbocycles. The van der Waals surface area contributed by atoms with E-state index >= 15 is 0 Å². The minimum Gasteiger partial charge on any atom is -0.298 e. The van der Waals surface area contributed by atoms with Crippen LogP contribution < -0.4 is 5.32 Å². The molecular formula is C12H12F4N2. The van der Waals surface area contributed by atoms with Gasteiger partial charge in [0, 0.05) is 0 Å². The van der Waals surface area contributed by atoms with E-state index in [1.165, 1.54) is 0 Å². The first-order chi connectivity index (χ1) is 8.38. The second kappa shape index (κ2) is 5.83. The number of hydrogen-bond acceptors (Lipinski definition) is 2. The van der Waals surface area contributed by atoms with Crippen LogP contribution in [-0.4, -0.2) is 6.54 Å². The van der Waals surface area contributed by atoms with Crippen LogP contribution in [0.15, 0.2) is 18.2 Å². The molecule has 0 radical (unpaired) electrons. The summed E-state index contributed by atoms with van der Waals surface area (Å²) >= 11 is 0. The van der Waals surface area contributed by atoms with Gasteiger partial charge in [0.2, 0.25) is 0 Å². The van der Waals surface area contributed by atoms with E-state index in [9.17, 15) is 17.6 Å². The molecule has 0 aromatic heterocycles. The highest BCUT2D eigenvalue weighted by molar-refractivity contribution is 5.31. The van der Waals surface area contributed by atoms with Gasteiger partial charge < -0.3 is 0 Å². The lowest BCUT2D eigenvalue weighted by atomic mass is 10.0. The van der Waals surface area contributed by atoms with Crippen LogP contribution in [0.25, 0.3) is 0 Å². The van der Waals surface area contributed by atoms with Gasteiger partial charge in [0.15, 0.2) is 0 Å². The average Bonchev–Trinajstić information content (AvgIpc) is 2.28. The number of alkyl halides is 3. The highest BCUT2D eigenvalue weighted by atomic mass is 19.4. The Morgan fingerprint density at radius 2 is 2.00 bits per heavy atom. The van der Waals surface area contributed by atoms with Crippen LogP contribution in [0.5, 0.6) is 0 Å². The van der Waals surface area contributed by atoms with Crippen molar-refractivity contribution >= 4 is 0 Å². The molecule has 0 fully saturated rings. The zero-order valence-corrected chi connectivity index (χ0v) is 9.68. The highest BCUT2D eigenvalue weighted by Gasteiger charge is 2.32. The van der Waals surface area contributed by atoms with Crippen molar-refractivity contribution in [1.82, 2.24) is 5.32 Å². The molecule has 1 unspecified atom stereocenters. The van der Waals surface area contributed by atoms with Crippen LogP contribution in [0.1, 0.15) is 30.5 Å². The van der Waals surface area contributed by atoms with Gasteiger partial charge in [-0.3, -0.25) is 5.32 Å². The Morgan fingerprint density at radius 3 is 2.50 bits per heavy atom. The molecule has 1 rings (SSSR count). The Kier molecular flexibility index (Phi) is 4.68. The summed E-state index contributed by atoms with van der Waals surface area (Å²) in [5.41, 5.74) is -1.10. The lowest BCUT2D eigenvalue weighted by Gasteiger charge is -2.14. The molecule has 1 atom stereocenters. The predicted molar refractivity (Wildman–Crippen MR) is 58.0 cm³/mol. The first kappa shape index (κ1) is 14.5. The summed E-state index contributed by atoms with van der Waals surface area (Å²) in [6.45, 7) is 2.32. The molecule has 0 spiro atoms. The van der Waals surface area contributed by atoms with Crippen molar-refractivity contribution in [1.29, 1.82) is 5.26 Å². The maximum absolute atomic E-state index is 13.1. The molecule has 0 heterocycles. The van der Waals surface area contributed by atoms with Gasteiger partial charge in [-0.05, 0) is 36.7 Å². The minimum atomic E-state index is -4.62. The molecular weight excluding hydrogens is 248 g/mol. The average molecular weight is 260 g/mol. The monoisotopic (exact) mass is 260 g/mol. The smallest absolute Gasteiger partial charge is 0.298 e. The van der Waals surface area contributed by atoms with E-state index in [0.29, 0.717) is 12.6 Å². The molecule has 0 amide bonds. The summed E-state index contributed by atoms with van der Waals surface area (Å²) in [6, 6.07) is 3.01. The number of nitrogens with zero attached hydrogens (tertiary/aromatic N) is 1. The van der Waals surface area contributed by atoms with E-state index in [0.717, 1.165) is 18.6 Å². The van der Waals surface area contributed by atoms with E-state index in [1.54, 1.807) is 0 Å². The molecule has 0 saturated heterocycles. The molecule has 1 aromatic rings. The molecule has 0 aliphatic rings. The number of nitriles is 1. The van der Waals surface area contributed by atoms with Crippen molar-refractivity contribution in [3.8, 4) is 6.07 Å². The van der Waals surface area contributed by atoms with E-state index in [2.05, 4.69) is 5.32 Å². The van der Waals surface area contributed by atoms with Gasteiger partial charge in [0.25, 0.3) is 0 Å². The van der Waals surface area contributed by atoms with Gasteiger partial charge in [0.1, 0.15) is 11.9 Å². The summed E-state index contributed by atoms with van der Waals surface area (Å²) in [4.78, 5) is 0. The molecule has 0 aliphatic carbocycles. The number of halogens is 4. The Morgan fingerprint density at radius 1 is 1.33 bits per heavy atom. The van der Waals surface area contributed by atoms with Gasteiger partial charge >= 0.3 is 6.18 Å². The van der Waals surface area contributed by atoms with Crippen molar-refractivity contribution in [2.45, 2.75) is 25.6 Å². The quantitative estimate of drug-likeness (QED) is 0.842. The second-order valence-electron chi connectivity index (χ2n) is 3.79. The fourth-order valence-electron chi connectivity index (χ4n) is 1.47. The first-order valence-electron chi connectivity index (χ1n) is 5.39. The van der Waals surface area contributed by atoms with E-state index in [1.807, 2.05) is 13.0 Å². The van der Waals surface area contributed by atoms with Crippen LogP contribution in [0, 0.1) is 17.1 Å². The van der Waals surface area contributed by atoms with Crippen LogP contribution in [-0.2, 0) is 6.18 Å². The van der Waals surface area contributed by atoms with Gasteiger partial charge in [-0.15, -0.1) is 0 Å². The van der Waals surface area contributed by atoms with Crippen LogP contribution >= 0.6 is 0 Å². The van der Waals surface area contributed by atoms with Crippen molar-refractivity contribution < 1.29 is 17.6 Å². The number of nitrogens with one attached hydrogen (secondary N) is 1. The summed E-state index contributed by atoms with van der Waals surface area (Å²) in [5, 5.41) is 11.6.